The Kier molecular flexibility index (Phi) is 4.34. The molecule has 6 heteroatoms. The third-order valence-corrected chi connectivity index (χ3v) is 3.79. The molecule has 5 nitrogen and oxygen atoms in total. The molecule has 1 heterocycles. The predicted octanol–water partition coefficient (Wildman–Crippen LogP) is 1.75. The SMILES string of the molecule is CN(C)CCN(CC(=O)O)c1nc2ccccc2s1. The molecule has 2 aromatic rings. The number of nitrogens with zero attached hydrogens (tertiary/aromatic N) is 3. The Bertz CT molecular complexity index is 535. The Morgan fingerprint density at radius 3 is 2.68 bits per heavy atom. The quantitative estimate of drug-likeness (QED) is 0.873. The van der Waals surface area contributed by atoms with Crippen LogP contribution in [0.4, 0.5) is 5.13 Å². The summed E-state index contributed by atoms with van der Waals surface area (Å²) in [5.74, 6) is -0.835. The number of aliphatic carboxylic acids is 1. The average Bonchev–Trinajstić information content (AvgIpc) is 2.77. The van der Waals surface area contributed by atoms with E-state index in [1.54, 1.807) is 0 Å². The monoisotopic (exact) mass is 279 g/mol. The van der Waals surface area contributed by atoms with E-state index >= 15 is 0 Å². The van der Waals surface area contributed by atoms with Crippen LogP contribution >= 0.6 is 11.3 Å². The van der Waals surface area contributed by atoms with Gasteiger partial charge in [-0.25, -0.2) is 4.98 Å². The number of para-hydroxylation sites is 1. The van der Waals surface area contributed by atoms with Crippen molar-refractivity contribution in [2.45, 2.75) is 0 Å². The number of rotatable bonds is 6. The average molecular weight is 279 g/mol. The fraction of sp³-hybridized carbons (Fsp3) is 0.385. The van der Waals surface area contributed by atoms with Crippen LogP contribution in [0.1, 0.15) is 0 Å². The summed E-state index contributed by atoms with van der Waals surface area (Å²) in [5, 5.41) is 9.78. The van der Waals surface area contributed by atoms with Gasteiger partial charge in [-0.1, -0.05) is 23.5 Å². The van der Waals surface area contributed by atoms with Gasteiger partial charge in [-0.15, -0.1) is 0 Å². The van der Waals surface area contributed by atoms with E-state index in [-0.39, 0.29) is 6.54 Å². The van der Waals surface area contributed by atoms with Gasteiger partial charge in [0.1, 0.15) is 6.54 Å². The lowest BCUT2D eigenvalue weighted by Crippen LogP contribution is -2.35. The van der Waals surface area contributed by atoms with E-state index in [1.165, 1.54) is 11.3 Å². The molecule has 102 valence electrons. The summed E-state index contributed by atoms with van der Waals surface area (Å²) >= 11 is 1.53. The fourth-order valence-corrected chi connectivity index (χ4v) is 2.71. The minimum Gasteiger partial charge on any atom is -0.480 e. The van der Waals surface area contributed by atoms with Gasteiger partial charge in [0.05, 0.1) is 10.2 Å². The summed E-state index contributed by atoms with van der Waals surface area (Å²) in [7, 11) is 3.94. The molecule has 1 N–H and O–H groups in total. The maximum atomic E-state index is 11.0. The van der Waals surface area contributed by atoms with Crippen molar-refractivity contribution in [2.75, 3.05) is 38.6 Å². The Morgan fingerprint density at radius 2 is 2.05 bits per heavy atom. The predicted molar refractivity (Wildman–Crippen MR) is 78.0 cm³/mol. The summed E-state index contributed by atoms with van der Waals surface area (Å²) in [4.78, 5) is 19.3. The summed E-state index contributed by atoms with van der Waals surface area (Å²) in [5.41, 5.74) is 0.919. The molecule has 0 amide bonds. The molecular formula is C13H17N3O2S. The molecule has 0 aliphatic rings. The Labute approximate surface area is 116 Å². The van der Waals surface area contributed by atoms with Crippen LogP contribution in [-0.2, 0) is 4.79 Å². The van der Waals surface area contributed by atoms with E-state index < -0.39 is 5.97 Å². The second-order valence-corrected chi connectivity index (χ2v) is 5.59. The minimum absolute atomic E-state index is 0.0202. The van der Waals surface area contributed by atoms with Crippen LogP contribution in [0.3, 0.4) is 0 Å². The number of anilines is 1. The fourth-order valence-electron chi connectivity index (χ4n) is 1.72. The zero-order chi connectivity index (χ0) is 13.8. The number of likely N-dealkylation sites (N-methyl/N-ethyl adjacent to an activating group) is 1. The van der Waals surface area contributed by atoms with Crippen molar-refractivity contribution in [3.8, 4) is 0 Å². The van der Waals surface area contributed by atoms with Crippen LogP contribution in [0.15, 0.2) is 24.3 Å². The van der Waals surface area contributed by atoms with E-state index in [0.29, 0.717) is 6.54 Å². The van der Waals surface area contributed by atoms with E-state index in [0.717, 1.165) is 21.9 Å². The molecule has 0 radical (unpaired) electrons. The first-order chi connectivity index (χ1) is 9.06. The molecule has 0 fully saturated rings. The van der Waals surface area contributed by atoms with Crippen molar-refractivity contribution in [1.82, 2.24) is 9.88 Å². The Balaban J connectivity index is 2.22. The van der Waals surface area contributed by atoms with Crippen molar-refractivity contribution in [3.05, 3.63) is 24.3 Å². The minimum atomic E-state index is -0.835. The van der Waals surface area contributed by atoms with Crippen LogP contribution < -0.4 is 4.90 Å². The van der Waals surface area contributed by atoms with Crippen LogP contribution in [0, 0.1) is 0 Å². The lowest BCUT2D eigenvalue weighted by atomic mass is 10.3. The van der Waals surface area contributed by atoms with Gasteiger partial charge in [0.15, 0.2) is 5.13 Å². The van der Waals surface area contributed by atoms with E-state index in [9.17, 15) is 4.79 Å². The molecule has 0 aliphatic heterocycles. The van der Waals surface area contributed by atoms with Crippen LogP contribution in [0.5, 0.6) is 0 Å². The molecular weight excluding hydrogens is 262 g/mol. The van der Waals surface area contributed by atoms with Crippen LogP contribution in [0.25, 0.3) is 10.2 Å². The van der Waals surface area contributed by atoms with Crippen molar-refractivity contribution in [3.63, 3.8) is 0 Å². The third kappa shape index (κ3) is 3.65. The molecule has 0 bridgehead atoms. The van der Waals surface area contributed by atoms with Gasteiger partial charge in [0, 0.05) is 13.1 Å². The molecule has 1 aromatic heterocycles. The summed E-state index contributed by atoms with van der Waals surface area (Å²) < 4.78 is 1.08. The first-order valence-corrected chi connectivity index (χ1v) is 6.85. The zero-order valence-electron chi connectivity index (χ0n) is 11.0. The second-order valence-electron chi connectivity index (χ2n) is 4.58. The lowest BCUT2D eigenvalue weighted by Gasteiger charge is -2.21. The summed E-state index contributed by atoms with van der Waals surface area (Å²) in [6.45, 7) is 1.43. The van der Waals surface area contributed by atoms with Gasteiger partial charge in [-0.3, -0.25) is 4.79 Å². The van der Waals surface area contributed by atoms with Gasteiger partial charge in [0.2, 0.25) is 0 Å². The Morgan fingerprint density at radius 1 is 1.32 bits per heavy atom. The molecule has 0 saturated heterocycles. The number of aromatic nitrogens is 1. The number of hydrogen-bond donors (Lipinski definition) is 1. The topological polar surface area (TPSA) is 56.7 Å². The normalized spacial score (nSPS) is 11.1. The van der Waals surface area contributed by atoms with Gasteiger partial charge in [-0.05, 0) is 26.2 Å². The first kappa shape index (κ1) is 13.8. The zero-order valence-corrected chi connectivity index (χ0v) is 11.9. The highest BCUT2D eigenvalue weighted by Gasteiger charge is 2.15. The van der Waals surface area contributed by atoms with Crippen LogP contribution in [-0.4, -0.2) is 54.7 Å². The van der Waals surface area contributed by atoms with Crippen LogP contribution in [0.2, 0.25) is 0 Å². The number of thiazole rings is 1. The molecule has 0 unspecified atom stereocenters. The molecule has 2 rings (SSSR count). The molecule has 0 aliphatic carbocycles. The molecule has 19 heavy (non-hydrogen) atoms. The highest BCUT2D eigenvalue weighted by atomic mass is 32.1. The smallest absolute Gasteiger partial charge is 0.323 e. The third-order valence-electron chi connectivity index (χ3n) is 2.70. The number of carbonyl (C=O) groups is 1. The van der Waals surface area contributed by atoms with Crippen molar-refractivity contribution in [1.29, 1.82) is 0 Å². The van der Waals surface area contributed by atoms with E-state index in [2.05, 4.69) is 4.98 Å². The lowest BCUT2D eigenvalue weighted by molar-refractivity contribution is -0.135. The number of carboxylic acids is 1. The summed E-state index contributed by atoms with van der Waals surface area (Å²) in [6, 6.07) is 7.85. The van der Waals surface area contributed by atoms with Crippen molar-refractivity contribution in [2.24, 2.45) is 0 Å². The molecule has 1 aromatic carbocycles. The number of carboxylic acid groups (broad SMARTS) is 1. The van der Waals surface area contributed by atoms with Gasteiger partial charge >= 0.3 is 5.97 Å². The van der Waals surface area contributed by atoms with E-state index in [1.807, 2.05) is 48.2 Å². The van der Waals surface area contributed by atoms with Gasteiger partial charge in [-0.2, -0.15) is 0 Å². The highest BCUT2D eigenvalue weighted by Crippen LogP contribution is 2.28. The van der Waals surface area contributed by atoms with Crippen molar-refractivity contribution >= 4 is 32.7 Å². The summed E-state index contributed by atoms with van der Waals surface area (Å²) in [6.07, 6.45) is 0. The molecule has 0 atom stereocenters. The number of hydrogen-bond acceptors (Lipinski definition) is 5. The standard InChI is InChI=1S/C13H17N3O2S/c1-15(2)7-8-16(9-12(17)18)13-14-10-5-3-4-6-11(10)19-13/h3-6H,7-9H2,1-2H3,(H,17,18). The van der Waals surface area contributed by atoms with Gasteiger partial charge in [0.25, 0.3) is 0 Å². The van der Waals surface area contributed by atoms with Gasteiger partial charge < -0.3 is 14.9 Å². The largest absolute Gasteiger partial charge is 0.480 e. The first-order valence-electron chi connectivity index (χ1n) is 6.03. The van der Waals surface area contributed by atoms with Crippen molar-refractivity contribution < 1.29 is 9.90 Å². The number of fused-ring (bicyclic) bond motifs is 1. The molecule has 0 spiro atoms. The molecule has 0 saturated carbocycles. The number of benzene rings is 1. The second kappa shape index (κ2) is 5.99. The maximum absolute atomic E-state index is 11.0. The van der Waals surface area contributed by atoms with E-state index in [4.69, 9.17) is 5.11 Å². The Hall–Kier alpha value is -1.66. The maximum Gasteiger partial charge on any atom is 0.323 e. The highest BCUT2D eigenvalue weighted by molar-refractivity contribution is 7.22.